The predicted molar refractivity (Wildman–Crippen MR) is 80.8 cm³/mol. The van der Waals surface area contributed by atoms with Gasteiger partial charge < -0.3 is 9.64 Å². The standard InChI is InChI=1S/C14H23N3OS/c1-4-18-10-13-15-11(2)9-14(16-13)17-6-8-19-7-5-12(17)3/h9,12H,4-8,10H2,1-3H3. The second-order valence-corrected chi connectivity index (χ2v) is 6.09. The fourth-order valence-corrected chi connectivity index (χ4v) is 3.29. The van der Waals surface area contributed by atoms with Gasteiger partial charge in [-0.2, -0.15) is 11.8 Å². The SMILES string of the molecule is CCOCc1nc(C)cc(N2CCSCCC2C)n1. The summed E-state index contributed by atoms with van der Waals surface area (Å²) < 4.78 is 5.42. The Kier molecular flexibility index (Phi) is 5.45. The lowest BCUT2D eigenvalue weighted by atomic mass is 10.2. The van der Waals surface area contributed by atoms with Crippen LogP contribution in [0.15, 0.2) is 6.07 Å². The summed E-state index contributed by atoms with van der Waals surface area (Å²) in [7, 11) is 0. The molecule has 106 valence electrons. The molecule has 5 heteroatoms. The minimum atomic E-state index is 0.502. The van der Waals surface area contributed by atoms with Gasteiger partial charge in [0.05, 0.1) is 0 Å². The van der Waals surface area contributed by atoms with E-state index < -0.39 is 0 Å². The Hall–Kier alpha value is -0.810. The molecular formula is C14H23N3OS. The molecule has 0 aliphatic carbocycles. The van der Waals surface area contributed by atoms with Crippen molar-refractivity contribution >= 4 is 17.6 Å². The Morgan fingerprint density at radius 3 is 3.05 bits per heavy atom. The van der Waals surface area contributed by atoms with Gasteiger partial charge in [-0.3, -0.25) is 0 Å². The van der Waals surface area contributed by atoms with Crippen LogP contribution in [0.4, 0.5) is 5.82 Å². The highest BCUT2D eigenvalue weighted by molar-refractivity contribution is 7.99. The lowest BCUT2D eigenvalue weighted by Crippen LogP contribution is -2.34. The van der Waals surface area contributed by atoms with Crippen LogP contribution in [0.25, 0.3) is 0 Å². The highest BCUT2D eigenvalue weighted by Crippen LogP contribution is 2.22. The molecule has 1 aromatic rings. The third-order valence-electron chi connectivity index (χ3n) is 3.31. The van der Waals surface area contributed by atoms with Crippen molar-refractivity contribution in [3.8, 4) is 0 Å². The van der Waals surface area contributed by atoms with Gasteiger partial charge in [-0.05, 0) is 32.9 Å². The summed E-state index contributed by atoms with van der Waals surface area (Å²) in [6.07, 6.45) is 1.22. The zero-order valence-corrected chi connectivity index (χ0v) is 12.9. The first-order valence-electron chi connectivity index (χ1n) is 6.97. The maximum absolute atomic E-state index is 5.42. The number of anilines is 1. The molecule has 1 atom stereocenters. The molecule has 0 radical (unpaired) electrons. The van der Waals surface area contributed by atoms with E-state index >= 15 is 0 Å². The molecule has 0 bridgehead atoms. The molecule has 1 fully saturated rings. The van der Waals surface area contributed by atoms with Gasteiger partial charge in [0.15, 0.2) is 5.82 Å². The van der Waals surface area contributed by atoms with Crippen LogP contribution in [0, 0.1) is 6.92 Å². The number of hydrogen-bond acceptors (Lipinski definition) is 5. The lowest BCUT2D eigenvalue weighted by Gasteiger charge is -2.28. The van der Waals surface area contributed by atoms with E-state index in [-0.39, 0.29) is 0 Å². The summed E-state index contributed by atoms with van der Waals surface area (Å²) in [5.41, 5.74) is 1.02. The van der Waals surface area contributed by atoms with Crippen molar-refractivity contribution in [1.82, 2.24) is 9.97 Å². The Morgan fingerprint density at radius 2 is 2.26 bits per heavy atom. The average molecular weight is 281 g/mol. The number of aryl methyl sites for hydroxylation is 1. The Bertz CT molecular complexity index is 414. The first-order valence-corrected chi connectivity index (χ1v) is 8.13. The first kappa shape index (κ1) is 14.6. The molecule has 4 nitrogen and oxygen atoms in total. The van der Waals surface area contributed by atoms with Gasteiger partial charge in [-0.15, -0.1) is 0 Å². The highest BCUT2D eigenvalue weighted by atomic mass is 32.2. The van der Waals surface area contributed by atoms with Crippen molar-refractivity contribution in [2.45, 2.75) is 39.8 Å². The number of nitrogens with zero attached hydrogens (tertiary/aromatic N) is 3. The third kappa shape index (κ3) is 4.08. The molecule has 19 heavy (non-hydrogen) atoms. The van der Waals surface area contributed by atoms with Gasteiger partial charge in [0.25, 0.3) is 0 Å². The van der Waals surface area contributed by atoms with Crippen molar-refractivity contribution in [2.24, 2.45) is 0 Å². The minimum Gasteiger partial charge on any atom is -0.374 e. The van der Waals surface area contributed by atoms with E-state index in [1.54, 1.807) is 0 Å². The number of ether oxygens (including phenoxy) is 1. The topological polar surface area (TPSA) is 38.2 Å². The van der Waals surface area contributed by atoms with E-state index in [2.05, 4.69) is 27.9 Å². The quantitative estimate of drug-likeness (QED) is 0.848. The number of rotatable bonds is 4. The summed E-state index contributed by atoms with van der Waals surface area (Å²) >= 11 is 2.03. The Labute approximate surface area is 120 Å². The molecule has 2 rings (SSSR count). The van der Waals surface area contributed by atoms with Crippen molar-refractivity contribution in [3.63, 3.8) is 0 Å². The summed E-state index contributed by atoms with van der Waals surface area (Å²) in [4.78, 5) is 11.5. The summed E-state index contributed by atoms with van der Waals surface area (Å²) in [6, 6.07) is 2.63. The second-order valence-electron chi connectivity index (χ2n) is 4.86. The summed E-state index contributed by atoms with van der Waals surface area (Å²) in [5, 5.41) is 0. The minimum absolute atomic E-state index is 0.502. The van der Waals surface area contributed by atoms with E-state index in [1.165, 1.54) is 17.9 Å². The van der Waals surface area contributed by atoms with Crippen LogP contribution < -0.4 is 4.90 Å². The zero-order valence-electron chi connectivity index (χ0n) is 12.1. The van der Waals surface area contributed by atoms with Crippen LogP contribution in [0.2, 0.25) is 0 Å². The molecule has 1 saturated heterocycles. The van der Waals surface area contributed by atoms with E-state index in [9.17, 15) is 0 Å². The van der Waals surface area contributed by atoms with Crippen molar-refractivity contribution in [2.75, 3.05) is 29.6 Å². The third-order valence-corrected chi connectivity index (χ3v) is 4.30. The molecule has 1 aliphatic heterocycles. The molecule has 0 aromatic carbocycles. The largest absolute Gasteiger partial charge is 0.374 e. The van der Waals surface area contributed by atoms with Gasteiger partial charge >= 0.3 is 0 Å². The molecule has 1 aromatic heterocycles. The summed E-state index contributed by atoms with van der Waals surface area (Å²) in [5.74, 6) is 4.26. The number of aromatic nitrogens is 2. The molecule has 1 aliphatic rings. The normalized spacial score (nSPS) is 20.4. The lowest BCUT2D eigenvalue weighted by molar-refractivity contribution is 0.128. The maximum Gasteiger partial charge on any atom is 0.156 e. The Balaban J connectivity index is 2.19. The number of hydrogen-bond donors (Lipinski definition) is 0. The average Bonchev–Trinajstić information content (AvgIpc) is 2.60. The smallest absolute Gasteiger partial charge is 0.156 e. The van der Waals surface area contributed by atoms with E-state index in [4.69, 9.17) is 4.74 Å². The fraction of sp³-hybridized carbons (Fsp3) is 0.714. The van der Waals surface area contributed by atoms with Crippen molar-refractivity contribution < 1.29 is 4.74 Å². The van der Waals surface area contributed by atoms with Crippen LogP contribution in [0.1, 0.15) is 31.8 Å². The van der Waals surface area contributed by atoms with E-state index in [0.29, 0.717) is 19.3 Å². The van der Waals surface area contributed by atoms with Crippen LogP contribution >= 0.6 is 11.8 Å². The van der Waals surface area contributed by atoms with Gasteiger partial charge in [-0.1, -0.05) is 0 Å². The maximum atomic E-state index is 5.42. The van der Waals surface area contributed by atoms with Gasteiger partial charge in [-0.25, -0.2) is 9.97 Å². The molecule has 2 heterocycles. The van der Waals surface area contributed by atoms with Crippen LogP contribution in [-0.4, -0.2) is 40.7 Å². The highest BCUT2D eigenvalue weighted by Gasteiger charge is 2.19. The van der Waals surface area contributed by atoms with Crippen molar-refractivity contribution in [1.29, 1.82) is 0 Å². The van der Waals surface area contributed by atoms with Gasteiger partial charge in [0.1, 0.15) is 12.4 Å². The molecule has 1 unspecified atom stereocenters. The van der Waals surface area contributed by atoms with Gasteiger partial charge in [0, 0.05) is 36.7 Å². The van der Waals surface area contributed by atoms with E-state index in [1.807, 2.05) is 25.6 Å². The zero-order chi connectivity index (χ0) is 13.7. The van der Waals surface area contributed by atoms with Crippen LogP contribution in [0.5, 0.6) is 0 Å². The second kappa shape index (κ2) is 7.10. The molecule has 0 saturated carbocycles. The first-order chi connectivity index (χ1) is 9.20. The van der Waals surface area contributed by atoms with Crippen molar-refractivity contribution in [3.05, 3.63) is 17.6 Å². The summed E-state index contributed by atoms with van der Waals surface area (Å²) in [6.45, 7) is 8.57. The van der Waals surface area contributed by atoms with E-state index in [0.717, 1.165) is 23.9 Å². The molecule has 0 spiro atoms. The van der Waals surface area contributed by atoms with Crippen LogP contribution in [0.3, 0.4) is 0 Å². The Morgan fingerprint density at radius 1 is 1.42 bits per heavy atom. The fourth-order valence-electron chi connectivity index (χ4n) is 2.25. The monoisotopic (exact) mass is 281 g/mol. The molecule has 0 N–H and O–H groups in total. The van der Waals surface area contributed by atoms with Crippen LogP contribution in [-0.2, 0) is 11.3 Å². The predicted octanol–water partition coefficient (Wildman–Crippen LogP) is 2.65. The number of thioether (sulfide) groups is 1. The van der Waals surface area contributed by atoms with Gasteiger partial charge in [0.2, 0.25) is 0 Å². The molecule has 0 amide bonds. The molecular weight excluding hydrogens is 258 g/mol.